The van der Waals surface area contributed by atoms with E-state index in [-0.39, 0.29) is 0 Å². The van der Waals surface area contributed by atoms with Gasteiger partial charge in [-0.3, -0.25) is 0 Å². The van der Waals surface area contributed by atoms with Gasteiger partial charge in [0, 0.05) is 6.54 Å². The van der Waals surface area contributed by atoms with Gasteiger partial charge in [0.05, 0.1) is 5.69 Å². The lowest BCUT2D eigenvalue weighted by Crippen LogP contribution is -2.46. The Labute approximate surface area is 113 Å². The molecule has 19 heavy (non-hydrogen) atoms. The number of nitriles is 1. The van der Waals surface area contributed by atoms with Crippen molar-refractivity contribution in [3.8, 4) is 6.07 Å². The molecule has 0 unspecified atom stereocenters. The van der Waals surface area contributed by atoms with Crippen molar-refractivity contribution < 1.29 is 0 Å². The molecule has 0 aromatic carbocycles. The second-order valence-electron chi connectivity index (χ2n) is 6.91. The van der Waals surface area contributed by atoms with E-state index >= 15 is 0 Å². The van der Waals surface area contributed by atoms with E-state index < -0.39 is 0 Å². The van der Waals surface area contributed by atoms with Gasteiger partial charge in [-0.2, -0.15) is 5.26 Å². The van der Waals surface area contributed by atoms with Gasteiger partial charge in [0.2, 0.25) is 0 Å². The van der Waals surface area contributed by atoms with Crippen molar-refractivity contribution in [1.29, 1.82) is 5.26 Å². The number of rotatable bonds is 2. The zero-order valence-corrected chi connectivity index (χ0v) is 11.4. The first-order valence-electron chi connectivity index (χ1n) is 7.54. The summed E-state index contributed by atoms with van der Waals surface area (Å²) in [6.45, 7) is 2.95. The molecule has 5 rings (SSSR count). The fourth-order valence-corrected chi connectivity index (χ4v) is 5.17. The minimum Gasteiger partial charge on any atom is -0.248 e. The summed E-state index contributed by atoms with van der Waals surface area (Å²) in [4.78, 5) is 0. The molecule has 4 aliphatic rings. The summed E-state index contributed by atoms with van der Waals surface area (Å²) >= 11 is 0. The highest BCUT2D eigenvalue weighted by Crippen LogP contribution is 2.56. The molecule has 0 amide bonds. The van der Waals surface area contributed by atoms with Crippen LogP contribution >= 0.6 is 0 Å². The highest BCUT2D eigenvalue weighted by atomic mass is 15.4. The molecule has 4 fully saturated rings. The first-order valence-corrected chi connectivity index (χ1v) is 7.54. The van der Waals surface area contributed by atoms with Gasteiger partial charge in [0.15, 0.2) is 5.69 Å². The third kappa shape index (κ3) is 1.71. The van der Waals surface area contributed by atoms with E-state index in [0.29, 0.717) is 5.69 Å². The van der Waals surface area contributed by atoms with Crippen molar-refractivity contribution in [2.75, 3.05) is 0 Å². The maximum Gasteiger partial charge on any atom is 0.185 e. The van der Waals surface area contributed by atoms with Crippen LogP contribution in [0, 0.1) is 47.8 Å². The Morgan fingerprint density at radius 2 is 1.79 bits per heavy atom. The second kappa shape index (κ2) is 4.06. The summed E-state index contributed by atoms with van der Waals surface area (Å²) in [6.07, 6.45) is 7.26. The van der Waals surface area contributed by atoms with Crippen molar-refractivity contribution in [2.24, 2.45) is 29.6 Å². The monoisotopic (exact) mass is 256 g/mol. The summed E-state index contributed by atoms with van der Waals surface area (Å²) < 4.78 is 1.98. The average Bonchev–Trinajstić information content (AvgIpc) is 2.74. The number of hydrogen-bond acceptors (Lipinski definition) is 3. The summed E-state index contributed by atoms with van der Waals surface area (Å²) in [5.74, 6) is 4.63. The number of hydrogen-bond donors (Lipinski definition) is 0. The van der Waals surface area contributed by atoms with Crippen LogP contribution in [-0.2, 0) is 6.54 Å². The van der Waals surface area contributed by atoms with Crippen LogP contribution in [0.25, 0.3) is 0 Å². The zero-order chi connectivity index (χ0) is 13.0. The lowest BCUT2D eigenvalue weighted by atomic mass is 9.52. The standard InChI is InChI=1S/C15H20N4/c1-9-15(7-16)17-18-19(9)8-14-12-3-10-2-11(5-12)6-13(14)4-10/h10-14H,2-6,8H2,1H3. The van der Waals surface area contributed by atoms with E-state index in [1.165, 1.54) is 32.1 Å². The van der Waals surface area contributed by atoms with E-state index in [4.69, 9.17) is 5.26 Å². The Bertz CT molecular complexity index is 511. The molecule has 0 atom stereocenters. The molecule has 0 saturated heterocycles. The van der Waals surface area contributed by atoms with E-state index in [9.17, 15) is 0 Å². The molecule has 1 heterocycles. The molecular weight excluding hydrogens is 236 g/mol. The van der Waals surface area contributed by atoms with Crippen molar-refractivity contribution in [3.05, 3.63) is 11.4 Å². The lowest BCUT2D eigenvalue weighted by Gasteiger charge is -2.54. The Morgan fingerprint density at radius 3 is 2.32 bits per heavy atom. The van der Waals surface area contributed by atoms with E-state index in [1.54, 1.807) is 0 Å². The van der Waals surface area contributed by atoms with Crippen LogP contribution in [0.3, 0.4) is 0 Å². The summed E-state index contributed by atoms with van der Waals surface area (Å²) in [5.41, 5.74) is 1.43. The maximum atomic E-state index is 8.97. The molecule has 0 aliphatic heterocycles. The fraction of sp³-hybridized carbons (Fsp3) is 0.800. The molecule has 0 N–H and O–H groups in total. The third-order valence-electron chi connectivity index (χ3n) is 5.89. The van der Waals surface area contributed by atoms with Crippen LogP contribution in [0.1, 0.15) is 43.5 Å². The van der Waals surface area contributed by atoms with E-state index in [1.807, 2.05) is 11.6 Å². The van der Waals surface area contributed by atoms with Gasteiger partial charge in [0.25, 0.3) is 0 Å². The van der Waals surface area contributed by atoms with Crippen LogP contribution in [0.4, 0.5) is 0 Å². The Balaban J connectivity index is 1.57. The Hall–Kier alpha value is -1.37. The van der Waals surface area contributed by atoms with Gasteiger partial charge in [-0.25, -0.2) is 4.68 Å². The summed E-state index contributed by atoms with van der Waals surface area (Å²) in [7, 11) is 0. The lowest BCUT2D eigenvalue weighted by molar-refractivity contribution is -0.0446. The van der Waals surface area contributed by atoms with Crippen LogP contribution < -0.4 is 0 Å². The molecule has 1 aromatic rings. The van der Waals surface area contributed by atoms with Crippen molar-refractivity contribution in [2.45, 2.75) is 45.6 Å². The molecule has 4 saturated carbocycles. The number of aromatic nitrogens is 3. The molecule has 0 radical (unpaired) electrons. The smallest absolute Gasteiger partial charge is 0.185 e. The van der Waals surface area contributed by atoms with Gasteiger partial charge in [-0.15, -0.1) is 5.10 Å². The molecule has 4 nitrogen and oxygen atoms in total. The normalized spacial score (nSPS) is 39.5. The highest BCUT2D eigenvalue weighted by Gasteiger charge is 2.48. The minimum atomic E-state index is 0.490. The SMILES string of the molecule is Cc1c(C#N)nnn1CC1C2CC3CC(C2)CC1C3. The van der Waals surface area contributed by atoms with Gasteiger partial charge >= 0.3 is 0 Å². The molecule has 4 heteroatoms. The van der Waals surface area contributed by atoms with Gasteiger partial charge in [0.1, 0.15) is 6.07 Å². The van der Waals surface area contributed by atoms with Gasteiger partial charge < -0.3 is 0 Å². The highest BCUT2D eigenvalue weighted by molar-refractivity contribution is 5.23. The van der Waals surface area contributed by atoms with Crippen molar-refractivity contribution in [3.63, 3.8) is 0 Å². The Kier molecular flexibility index (Phi) is 2.45. The van der Waals surface area contributed by atoms with E-state index in [0.717, 1.165) is 41.8 Å². The first-order chi connectivity index (χ1) is 9.24. The predicted molar refractivity (Wildman–Crippen MR) is 70.0 cm³/mol. The van der Waals surface area contributed by atoms with Crippen LogP contribution in [-0.4, -0.2) is 15.0 Å². The topological polar surface area (TPSA) is 54.5 Å². The molecule has 0 spiro atoms. The molecule has 4 bridgehead atoms. The molecule has 100 valence electrons. The minimum absolute atomic E-state index is 0.490. The van der Waals surface area contributed by atoms with Crippen LogP contribution in [0.2, 0.25) is 0 Å². The third-order valence-corrected chi connectivity index (χ3v) is 5.89. The second-order valence-corrected chi connectivity index (χ2v) is 6.91. The fourth-order valence-electron chi connectivity index (χ4n) is 5.17. The van der Waals surface area contributed by atoms with Crippen LogP contribution in [0.15, 0.2) is 0 Å². The molecular formula is C15H20N4. The summed E-state index contributed by atoms with van der Waals surface area (Å²) in [6, 6.07) is 2.12. The zero-order valence-electron chi connectivity index (χ0n) is 11.4. The largest absolute Gasteiger partial charge is 0.248 e. The molecule has 1 aromatic heterocycles. The van der Waals surface area contributed by atoms with Gasteiger partial charge in [-0.1, -0.05) is 5.21 Å². The molecule has 4 aliphatic carbocycles. The van der Waals surface area contributed by atoms with Crippen LogP contribution in [0.5, 0.6) is 0 Å². The van der Waals surface area contributed by atoms with Gasteiger partial charge in [-0.05, 0) is 68.6 Å². The summed E-state index contributed by atoms with van der Waals surface area (Å²) in [5, 5.41) is 17.1. The van der Waals surface area contributed by atoms with Crippen molar-refractivity contribution >= 4 is 0 Å². The van der Waals surface area contributed by atoms with E-state index in [2.05, 4.69) is 16.4 Å². The predicted octanol–water partition coefficient (Wildman–Crippen LogP) is 2.53. The van der Waals surface area contributed by atoms with Crippen molar-refractivity contribution in [1.82, 2.24) is 15.0 Å². The number of nitrogens with zero attached hydrogens (tertiary/aromatic N) is 4. The average molecular weight is 256 g/mol. The quantitative estimate of drug-likeness (QED) is 0.817. The first kappa shape index (κ1) is 11.5. The maximum absolute atomic E-state index is 8.97. The Morgan fingerprint density at radius 1 is 1.16 bits per heavy atom.